The van der Waals surface area contributed by atoms with Crippen molar-refractivity contribution in [3.8, 4) is 6.07 Å². The molecule has 1 aromatic heterocycles. The van der Waals surface area contributed by atoms with Gasteiger partial charge >= 0.3 is 0 Å². The Morgan fingerprint density at radius 1 is 1.56 bits per heavy atom. The van der Waals surface area contributed by atoms with Gasteiger partial charge in [-0.25, -0.2) is 0 Å². The maximum atomic E-state index is 9.10. The van der Waals surface area contributed by atoms with Gasteiger partial charge in [0, 0.05) is 11.8 Å². The summed E-state index contributed by atoms with van der Waals surface area (Å²) < 4.78 is 2.86. The molecule has 1 aliphatic heterocycles. The fourth-order valence-corrected chi connectivity index (χ4v) is 3.98. The van der Waals surface area contributed by atoms with Crippen LogP contribution in [0.25, 0.3) is 11.0 Å². The van der Waals surface area contributed by atoms with Crippen LogP contribution in [0.4, 0.5) is 0 Å². The number of nitrogens with one attached hydrogen (secondary N) is 1. The zero-order chi connectivity index (χ0) is 12.5. The SMILES string of the molecule is N#Cc1cccc2c1[nH]c(=S)n2CC1CCCS1. The van der Waals surface area contributed by atoms with Crippen molar-refractivity contribution in [2.75, 3.05) is 5.75 Å². The highest BCUT2D eigenvalue weighted by molar-refractivity contribution is 8.00. The van der Waals surface area contributed by atoms with Crippen molar-refractivity contribution in [2.24, 2.45) is 0 Å². The predicted molar refractivity (Wildman–Crippen MR) is 77.3 cm³/mol. The lowest BCUT2D eigenvalue weighted by atomic mass is 10.2. The van der Waals surface area contributed by atoms with E-state index in [0.29, 0.717) is 10.8 Å². The maximum Gasteiger partial charge on any atom is 0.178 e. The molecule has 2 aromatic rings. The minimum atomic E-state index is 0.654. The molecule has 1 N–H and O–H groups in total. The molecule has 0 amide bonds. The van der Waals surface area contributed by atoms with Crippen LogP contribution >= 0.6 is 24.0 Å². The Labute approximate surface area is 115 Å². The summed E-state index contributed by atoms with van der Waals surface area (Å²) in [5.41, 5.74) is 2.58. The Kier molecular flexibility index (Phi) is 3.14. The van der Waals surface area contributed by atoms with E-state index in [1.165, 1.54) is 18.6 Å². The average Bonchev–Trinajstić information content (AvgIpc) is 2.99. The summed E-state index contributed by atoms with van der Waals surface area (Å²) in [6, 6.07) is 7.98. The largest absolute Gasteiger partial charge is 0.329 e. The van der Waals surface area contributed by atoms with Crippen LogP contribution in [-0.4, -0.2) is 20.6 Å². The minimum absolute atomic E-state index is 0.654. The molecule has 92 valence electrons. The Morgan fingerprint density at radius 3 is 3.17 bits per heavy atom. The van der Waals surface area contributed by atoms with Gasteiger partial charge in [0.15, 0.2) is 4.77 Å². The highest BCUT2D eigenvalue weighted by Crippen LogP contribution is 2.29. The fourth-order valence-electron chi connectivity index (χ4n) is 2.45. The van der Waals surface area contributed by atoms with E-state index in [9.17, 15) is 0 Å². The van der Waals surface area contributed by atoms with Crippen LogP contribution in [0.2, 0.25) is 0 Å². The number of aromatic amines is 1. The molecule has 5 heteroatoms. The molecular formula is C13H13N3S2. The molecule has 1 unspecified atom stereocenters. The second-order valence-electron chi connectivity index (χ2n) is 4.49. The quantitative estimate of drug-likeness (QED) is 0.854. The second-order valence-corrected chi connectivity index (χ2v) is 6.28. The first-order chi connectivity index (χ1) is 8.79. The fraction of sp³-hybridized carbons (Fsp3) is 0.385. The zero-order valence-corrected chi connectivity index (χ0v) is 11.5. The van der Waals surface area contributed by atoms with Gasteiger partial charge < -0.3 is 9.55 Å². The first-order valence-electron chi connectivity index (χ1n) is 6.03. The van der Waals surface area contributed by atoms with Gasteiger partial charge in [-0.15, -0.1) is 0 Å². The molecule has 0 saturated carbocycles. The van der Waals surface area contributed by atoms with Crippen molar-refractivity contribution in [1.82, 2.24) is 9.55 Å². The highest BCUT2D eigenvalue weighted by Gasteiger charge is 2.18. The van der Waals surface area contributed by atoms with Crippen LogP contribution < -0.4 is 0 Å². The average molecular weight is 275 g/mol. The number of imidazole rings is 1. The number of hydrogen-bond acceptors (Lipinski definition) is 3. The molecule has 18 heavy (non-hydrogen) atoms. The molecule has 0 aliphatic carbocycles. The van der Waals surface area contributed by atoms with E-state index in [0.717, 1.165) is 22.3 Å². The summed E-state index contributed by atoms with van der Waals surface area (Å²) in [6.45, 7) is 0.943. The van der Waals surface area contributed by atoms with E-state index in [4.69, 9.17) is 17.5 Å². The van der Waals surface area contributed by atoms with Gasteiger partial charge in [-0.05, 0) is 42.9 Å². The minimum Gasteiger partial charge on any atom is -0.329 e. The standard InChI is InChI=1S/C13H13N3S2/c14-7-9-3-1-5-11-12(9)15-13(17)16(11)8-10-4-2-6-18-10/h1,3,5,10H,2,4,6,8H2,(H,15,17). The molecule has 1 atom stereocenters. The van der Waals surface area contributed by atoms with Gasteiger partial charge in [-0.3, -0.25) is 0 Å². The molecule has 1 aromatic carbocycles. The first kappa shape index (κ1) is 11.8. The monoisotopic (exact) mass is 275 g/mol. The van der Waals surface area contributed by atoms with Crippen molar-refractivity contribution < 1.29 is 0 Å². The predicted octanol–water partition coefficient (Wildman–Crippen LogP) is 3.47. The van der Waals surface area contributed by atoms with Crippen molar-refractivity contribution in [1.29, 1.82) is 5.26 Å². The van der Waals surface area contributed by atoms with E-state index in [2.05, 4.69) is 15.6 Å². The van der Waals surface area contributed by atoms with E-state index < -0.39 is 0 Å². The van der Waals surface area contributed by atoms with Crippen molar-refractivity contribution >= 4 is 35.0 Å². The molecule has 3 rings (SSSR count). The number of fused-ring (bicyclic) bond motifs is 1. The smallest absolute Gasteiger partial charge is 0.178 e. The van der Waals surface area contributed by atoms with Crippen LogP contribution in [0.15, 0.2) is 18.2 Å². The van der Waals surface area contributed by atoms with E-state index in [1.807, 2.05) is 30.0 Å². The van der Waals surface area contributed by atoms with Gasteiger partial charge in [-0.2, -0.15) is 17.0 Å². The van der Waals surface area contributed by atoms with Crippen molar-refractivity contribution in [3.63, 3.8) is 0 Å². The summed E-state index contributed by atoms with van der Waals surface area (Å²) in [5, 5.41) is 9.76. The molecular weight excluding hydrogens is 262 g/mol. The Hall–Kier alpha value is -1.25. The van der Waals surface area contributed by atoms with Crippen LogP contribution in [0, 0.1) is 16.1 Å². The summed E-state index contributed by atoms with van der Waals surface area (Å²) in [7, 11) is 0. The highest BCUT2D eigenvalue weighted by atomic mass is 32.2. The van der Waals surface area contributed by atoms with E-state index in [-0.39, 0.29) is 0 Å². The van der Waals surface area contributed by atoms with Crippen LogP contribution in [0.5, 0.6) is 0 Å². The van der Waals surface area contributed by atoms with Gasteiger partial charge in [0.2, 0.25) is 0 Å². The topological polar surface area (TPSA) is 44.5 Å². The number of nitrogens with zero attached hydrogens (tertiary/aromatic N) is 2. The number of benzene rings is 1. The summed E-state index contributed by atoms with van der Waals surface area (Å²) in [5.74, 6) is 1.25. The molecule has 0 radical (unpaired) electrons. The van der Waals surface area contributed by atoms with Crippen LogP contribution in [0.1, 0.15) is 18.4 Å². The second kappa shape index (κ2) is 4.79. The van der Waals surface area contributed by atoms with E-state index in [1.54, 1.807) is 0 Å². The molecule has 0 spiro atoms. The van der Waals surface area contributed by atoms with Crippen molar-refractivity contribution in [2.45, 2.75) is 24.6 Å². The number of rotatable bonds is 2. The molecule has 0 bridgehead atoms. The maximum absolute atomic E-state index is 9.10. The lowest BCUT2D eigenvalue weighted by molar-refractivity contribution is 0.645. The Morgan fingerprint density at radius 2 is 2.44 bits per heavy atom. The normalized spacial score (nSPS) is 19.2. The third-order valence-corrected chi connectivity index (χ3v) is 5.04. The number of hydrogen-bond donors (Lipinski definition) is 1. The Balaban J connectivity index is 2.09. The van der Waals surface area contributed by atoms with Crippen LogP contribution in [0.3, 0.4) is 0 Å². The van der Waals surface area contributed by atoms with Gasteiger partial charge in [0.1, 0.15) is 6.07 Å². The van der Waals surface area contributed by atoms with Crippen molar-refractivity contribution in [3.05, 3.63) is 28.5 Å². The number of para-hydroxylation sites is 1. The lowest BCUT2D eigenvalue weighted by Gasteiger charge is -2.10. The molecule has 3 nitrogen and oxygen atoms in total. The molecule has 2 heterocycles. The molecule has 1 fully saturated rings. The van der Waals surface area contributed by atoms with E-state index >= 15 is 0 Å². The number of H-pyrrole nitrogens is 1. The van der Waals surface area contributed by atoms with Gasteiger partial charge in [-0.1, -0.05) is 6.07 Å². The Bertz CT molecular complexity index is 672. The number of aromatic nitrogens is 2. The molecule has 1 saturated heterocycles. The van der Waals surface area contributed by atoms with Crippen LogP contribution in [-0.2, 0) is 6.54 Å². The first-order valence-corrected chi connectivity index (χ1v) is 7.48. The van der Waals surface area contributed by atoms with Gasteiger partial charge in [0.05, 0.1) is 16.6 Å². The summed E-state index contributed by atoms with van der Waals surface area (Å²) >= 11 is 7.41. The lowest BCUT2D eigenvalue weighted by Crippen LogP contribution is -2.09. The third-order valence-electron chi connectivity index (χ3n) is 3.34. The summed E-state index contributed by atoms with van der Waals surface area (Å²) in [4.78, 5) is 3.17. The summed E-state index contributed by atoms with van der Waals surface area (Å²) in [6.07, 6.45) is 2.56. The molecule has 1 aliphatic rings. The zero-order valence-electron chi connectivity index (χ0n) is 9.85. The van der Waals surface area contributed by atoms with Gasteiger partial charge in [0.25, 0.3) is 0 Å². The third kappa shape index (κ3) is 1.96. The number of thioether (sulfide) groups is 1. The number of nitriles is 1.